The Hall–Kier alpha value is -0.850. The maximum atomic E-state index is 8.30. The Bertz CT molecular complexity index is 285. The first kappa shape index (κ1) is 8.25. The molecule has 5 heteroatoms. The molecule has 0 saturated heterocycles. The van der Waals surface area contributed by atoms with Crippen molar-refractivity contribution in [1.82, 2.24) is 9.97 Å². The van der Waals surface area contributed by atoms with E-state index in [0.717, 1.165) is 0 Å². The summed E-state index contributed by atoms with van der Waals surface area (Å²) in [5.41, 5.74) is 0.539. The van der Waals surface area contributed by atoms with Crippen molar-refractivity contribution in [3.05, 3.63) is 22.2 Å². The minimum Gasteiger partial charge on any atom is -0.222 e. The van der Waals surface area contributed by atoms with Crippen LogP contribution >= 0.6 is 23.2 Å². The van der Waals surface area contributed by atoms with Gasteiger partial charge in [-0.25, -0.2) is 9.97 Å². The van der Waals surface area contributed by atoms with Gasteiger partial charge in [0.2, 0.25) is 5.28 Å². The predicted molar refractivity (Wildman–Crippen MR) is 41.4 cm³/mol. The third-order valence-electron chi connectivity index (χ3n) is 0.981. The lowest BCUT2D eigenvalue weighted by Crippen LogP contribution is -1.90. The first-order valence-corrected chi connectivity index (χ1v) is 3.54. The lowest BCUT2D eigenvalue weighted by Gasteiger charge is -1.94. The quantitative estimate of drug-likeness (QED) is 0.499. The fourth-order valence-electron chi connectivity index (χ4n) is 0.605. The number of hydrogen-bond acceptors (Lipinski definition) is 3. The zero-order valence-corrected chi connectivity index (χ0v) is 6.89. The van der Waals surface area contributed by atoms with Crippen molar-refractivity contribution < 1.29 is 0 Å². The molecule has 1 rings (SSSR count). The van der Waals surface area contributed by atoms with Crippen molar-refractivity contribution in [2.24, 2.45) is 0 Å². The Labute approximate surface area is 73.6 Å². The first-order valence-electron chi connectivity index (χ1n) is 2.78. The van der Waals surface area contributed by atoms with E-state index in [2.05, 4.69) is 9.97 Å². The van der Waals surface area contributed by atoms with E-state index in [-0.39, 0.29) is 16.9 Å². The SMILES string of the molecule is N#CCc1cc(Cl)nc(Cl)n1. The van der Waals surface area contributed by atoms with Gasteiger partial charge in [-0.3, -0.25) is 0 Å². The van der Waals surface area contributed by atoms with E-state index in [4.69, 9.17) is 28.5 Å². The van der Waals surface area contributed by atoms with Gasteiger partial charge in [0.1, 0.15) is 5.15 Å². The van der Waals surface area contributed by atoms with E-state index >= 15 is 0 Å². The van der Waals surface area contributed by atoms with E-state index < -0.39 is 0 Å². The van der Waals surface area contributed by atoms with E-state index in [0.29, 0.717) is 5.69 Å². The number of nitrogens with zero attached hydrogens (tertiary/aromatic N) is 3. The van der Waals surface area contributed by atoms with Crippen LogP contribution in [0.5, 0.6) is 0 Å². The minimum absolute atomic E-state index is 0.0720. The highest BCUT2D eigenvalue weighted by atomic mass is 35.5. The van der Waals surface area contributed by atoms with Crippen molar-refractivity contribution in [2.75, 3.05) is 0 Å². The molecule has 0 aliphatic rings. The zero-order valence-electron chi connectivity index (χ0n) is 5.38. The molecule has 0 aliphatic heterocycles. The second-order valence-electron chi connectivity index (χ2n) is 1.79. The molecule has 0 fully saturated rings. The van der Waals surface area contributed by atoms with Crippen molar-refractivity contribution in [1.29, 1.82) is 5.26 Å². The van der Waals surface area contributed by atoms with Gasteiger partial charge < -0.3 is 0 Å². The number of rotatable bonds is 1. The highest BCUT2D eigenvalue weighted by Gasteiger charge is 1.99. The summed E-state index contributed by atoms with van der Waals surface area (Å²) >= 11 is 11.0. The molecule has 0 bridgehead atoms. The molecule has 0 N–H and O–H groups in total. The molecule has 1 heterocycles. The van der Waals surface area contributed by atoms with Crippen LogP contribution < -0.4 is 0 Å². The Morgan fingerprint density at radius 2 is 2.18 bits per heavy atom. The lowest BCUT2D eigenvalue weighted by molar-refractivity contribution is 1.05. The van der Waals surface area contributed by atoms with Crippen LogP contribution in [0, 0.1) is 11.3 Å². The van der Waals surface area contributed by atoms with Gasteiger partial charge in [0.25, 0.3) is 0 Å². The van der Waals surface area contributed by atoms with E-state index in [9.17, 15) is 0 Å². The Morgan fingerprint density at radius 1 is 1.45 bits per heavy atom. The highest BCUT2D eigenvalue weighted by Crippen LogP contribution is 2.10. The molecular formula is C6H3Cl2N3. The number of hydrogen-bond donors (Lipinski definition) is 0. The predicted octanol–water partition coefficient (Wildman–Crippen LogP) is 1.85. The third kappa shape index (κ3) is 2.34. The summed E-state index contributed by atoms with van der Waals surface area (Å²) in [4.78, 5) is 7.40. The molecule has 0 amide bonds. The Kier molecular flexibility index (Phi) is 2.64. The van der Waals surface area contributed by atoms with E-state index in [1.807, 2.05) is 6.07 Å². The first-order chi connectivity index (χ1) is 5.22. The van der Waals surface area contributed by atoms with Crippen LogP contribution in [0.1, 0.15) is 5.69 Å². The standard InChI is InChI=1S/C6H3Cl2N3/c7-5-3-4(1-2-9)10-6(8)11-5/h3H,1H2. The van der Waals surface area contributed by atoms with Crippen LogP contribution in [-0.4, -0.2) is 9.97 Å². The van der Waals surface area contributed by atoms with Gasteiger partial charge in [-0.1, -0.05) is 11.6 Å². The fourth-order valence-corrected chi connectivity index (χ4v) is 1.05. The van der Waals surface area contributed by atoms with Crippen LogP contribution in [0.25, 0.3) is 0 Å². The topological polar surface area (TPSA) is 49.6 Å². The van der Waals surface area contributed by atoms with Crippen LogP contribution in [-0.2, 0) is 6.42 Å². The monoisotopic (exact) mass is 187 g/mol. The molecule has 11 heavy (non-hydrogen) atoms. The van der Waals surface area contributed by atoms with Crippen molar-refractivity contribution >= 4 is 23.2 Å². The van der Waals surface area contributed by atoms with Gasteiger partial charge in [0.15, 0.2) is 0 Å². The summed E-state index contributed by atoms with van der Waals surface area (Å²) in [6.07, 6.45) is 0.196. The van der Waals surface area contributed by atoms with Crippen molar-refractivity contribution in [3.8, 4) is 6.07 Å². The molecule has 1 aromatic heterocycles. The molecule has 0 spiro atoms. The summed E-state index contributed by atoms with van der Waals surface area (Å²) in [5.74, 6) is 0. The fraction of sp³-hybridized carbons (Fsp3) is 0.167. The van der Waals surface area contributed by atoms with E-state index in [1.165, 1.54) is 6.07 Å². The summed E-state index contributed by atoms with van der Waals surface area (Å²) in [6, 6.07) is 3.44. The second kappa shape index (κ2) is 3.51. The lowest BCUT2D eigenvalue weighted by atomic mass is 10.3. The second-order valence-corrected chi connectivity index (χ2v) is 2.51. The largest absolute Gasteiger partial charge is 0.224 e. The molecule has 0 saturated carbocycles. The number of nitriles is 1. The van der Waals surface area contributed by atoms with Crippen molar-refractivity contribution in [3.63, 3.8) is 0 Å². The van der Waals surface area contributed by atoms with Gasteiger partial charge in [-0.05, 0) is 17.7 Å². The molecule has 0 unspecified atom stereocenters. The Morgan fingerprint density at radius 3 is 2.73 bits per heavy atom. The van der Waals surface area contributed by atoms with Gasteiger partial charge in [-0.2, -0.15) is 5.26 Å². The molecule has 0 atom stereocenters. The van der Waals surface area contributed by atoms with E-state index in [1.54, 1.807) is 0 Å². The highest BCUT2D eigenvalue weighted by molar-refractivity contribution is 6.31. The third-order valence-corrected chi connectivity index (χ3v) is 1.34. The molecule has 1 aromatic rings. The molecular weight excluding hydrogens is 185 g/mol. The zero-order chi connectivity index (χ0) is 8.27. The summed E-state index contributed by atoms with van der Waals surface area (Å²) in [6.45, 7) is 0. The van der Waals surface area contributed by atoms with Gasteiger partial charge in [-0.15, -0.1) is 0 Å². The summed E-state index contributed by atoms with van der Waals surface area (Å²) in [5, 5.41) is 8.64. The van der Waals surface area contributed by atoms with Crippen molar-refractivity contribution in [2.45, 2.75) is 6.42 Å². The van der Waals surface area contributed by atoms with Gasteiger partial charge in [0.05, 0.1) is 18.2 Å². The average Bonchev–Trinajstić information content (AvgIpc) is 1.85. The van der Waals surface area contributed by atoms with Gasteiger partial charge in [0, 0.05) is 0 Å². The number of halogens is 2. The average molecular weight is 188 g/mol. The summed E-state index contributed by atoms with van der Waals surface area (Å²) < 4.78 is 0. The smallest absolute Gasteiger partial charge is 0.222 e. The van der Waals surface area contributed by atoms with Crippen LogP contribution in [0.4, 0.5) is 0 Å². The van der Waals surface area contributed by atoms with Crippen LogP contribution in [0.15, 0.2) is 6.07 Å². The molecule has 3 nitrogen and oxygen atoms in total. The van der Waals surface area contributed by atoms with Crippen LogP contribution in [0.3, 0.4) is 0 Å². The molecule has 0 radical (unpaired) electrons. The maximum Gasteiger partial charge on any atom is 0.224 e. The number of aromatic nitrogens is 2. The molecule has 0 aromatic carbocycles. The Balaban J connectivity index is 3.01. The molecule has 0 aliphatic carbocycles. The normalized spacial score (nSPS) is 9.18. The van der Waals surface area contributed by atoms with Gasteiger partial charge >= 0.3 is 0 Å². The minimum atomic E-state index is 0.0720. The summed E-state index contributed by atoms with van der Waals surface area (Å²) in [7, 11) is 0. The maximum absolute atomic E-state index is 8.30. The van der Waals surface area contributed by atoms with Crippen LogP contribution in [0.2, 0.25) is 10.4 Å². The molecule has 56 valence electrons.